The molecule has 0 aliphatic heterocycles. The normalized spacial score (nSPS) is 15.1. The Hall–Kier alpha value is -0.950. The minimum absolute atomic E-state index is 0.0483. The maximum atomic E-state index is 11.5. The fourth-order valence-corrected chi connectivity index (χ4v) is 1.34. The van der Waals surface area contributed by atoms with Crippen LogP contribution in [0.5, 0.6) is 0 Å². The molecule has 0 aliphatic carbocycles. The Morgan fingerprint density at radius 2 is 2.06 bits per heavy atom. The van der Waals surface area contributed by atoms with Crippen LogP contribution in [-0.2, 0) is 14.6 Å². The number of nitrogens with two attached hydrogens (primary N) is 1. The molecule has 0 aromatic carbocycles. The van der Waals surface area contributed by atoms with Gasteiger partial charge < -0.3 is 10.3 Å². The third-order valence-electron chi connectivity index (χ3n) is 2.68. The Balaban J connectivity index is 3.12. The van der Waals surface area contributed by atoms with E-state index in [4.69, 9.17) is 10.3 Å². The van der Waals surface area contributed by atoms with Crippen LogP contribution in [-0.4, -0.2) is 31.4 Å². The average molecular weight is 247 g/mol. The van der Waals surface area contributed by atoms with E-state index in [-0.39, 0.29) is 11.8 Å². The first kappa shape index (κ1) is 13.1. The molecule has 7 heteroatoms. The highest BCUT2D eigenvalue weighted by Gasteiger charge is 2.38. The Labute approximate surface area is 95.1 Å². The number of hydrogen-bond acceptors (Lipinski definition) is 6. The standard InChI is InChI=1S/C9H17N3O3S/c1-6(5-10)7-11-8(15-12-7)9(2,3)16(4,13)14/h6H,5,10H2,1-4H3. The summed E-state index contributed by atoms with van der Waals surface area (Å²) >= 11 is 0. The van der Waals surface area contributed by atoms with Crippen molar-refractivity contribution in [3.63, 3.8) is 0 Å². The Morgan fingerprint density at radius 1 is 1.50 bits per heavy atom. The van der Waals surface area contributed by atoms with Gasteiger partial charge in [-0.3, -0.25) is 0 Å². The summed E-state index contributed by atoms with van der Waals surface area (Å²) in [7, 11) is -3.30. The second kappa shape index (κ2) is 4.14. The van der Waals surface area contributed by atoms with Gasteiger partial charge in [0, 0.05) is 18.7 Å². The van der Waals surface area contributed by atoms with Gasteiger partial charge in [-0.2, -0.15) is 4.98 Å². The summed E-state index contributed by atoms with van der Waals surface area (Å²) in [6.07, 6.45) is 1.14. The average Bonchev–Trinajstić information content (AvgIpc) is 2.64. The maximum absolute atomic E-state index is 11.5. The number of sulfone groups is 1. The monoisotopic (exact) mass is 247 g/mol. The fraction of sp³-hybridized carbons (Fsp3) is 0.778. The van der Waals surface area contributed by atoms with Crippen LogP contribution in [0, 0.1) is 0 Å². The van der Waals surface area contributed by atoms with Crippen LogP contribution < -0.4 is 5.73 Å². The Morgan fingerprint density at radius 3 is 2.50 bits per heavy atom. The minimum Gasteiger partial charge on any atom is -0.338 e. The van der Waals surface area contributed by atoms with Crippen molar-refractivity contribution in [2.75, 3.05) is 12.8 Å². The number of aromatic nitrogens is 2. The van der Waals surface area contributed by atoms with Crippen LogP contribution in [0.25, 0.3) is 0 Å². The zero-order valence-electron chi connectivity index (χ0n) is 9.89. The summed E-state index contributed by atoms with van der Waals surface area (Å²) in [5.74, 6) is 0.493. The van der Waals surface area contributed by atoms with E-state index >= 15 is 0 Å². The van der Waals surface area contributed by atoms with E-state index < -0.39 is 14.6 Å². The lowest BCUT2D eigenvalue weighted by Crippen LogP contribution is -2.28. The van der Waals surface area contributed by atoms with Gasteiger partial charge in [0.15, 0.2) is 15.7 Å². The summed E-state index contributed by atoms with van der Waals surface area (Å²) < 4.78 is 26.9. The fourth-order valence-electron chi connectivity index (χ4n) is 0.944. The topological polar surface area (TPSA) is 99.1 Å². The molecule has 6 nitrogen and oxygen atoms in total. The van der Waals surface area contributed by atoms with E-state index in [1.54, 1.807) is 0 Å². The van der Waals surface area contributed by atoms with Crippen molar-refractivity contribution in [1.82, 2.24) is 10.1 Å². The second-order valence-corrected chi connectivity index (χ2v) is 6.94. The minimum atomic E-state index is -3.30. The van der Waals surface area contributed by atoms with Crippen LogP contribution in [0.4, 0.5) is 0 Å². The van der Waals surface area contributed by atoms with E-state index in [1.807, 2.05) is 6.92 Å². The summed E-state index contributed by atoms with van der Waals surface area (Å²) in [4.78, 5) is 4.08. The first-order chi connectivity index (χ1) is 7.20. The zero-order chi connectivity index (χ0) is 12.6. The summed E-state index contributed by atoms with van der Waals surface area (Å²) in [5, 5.41) is 3.74. The van der Waals surface area contributed by atoms with E-state index in [0.29, 0.717) is 12.4 Å². The largest absolute Gasteiger partial charge is 0.338 e. The van der Waals surface area contributed by atoms with Gasteiger partial charge in [-0.15, -0.1) is 0 Å². The van der Waals surface area contributed by atoms with Crippen molar-refractivity contribution < 1.29 is 12.9 Å². The number of nitrogens with zero attached hydrogens (tertiary/aromatic N) is 2. The van der Waals surface area contributed by atoms with Gasteiger partial charge >= 0.3 is 0 Å². The van der Waals surface area contributed by atoms with E-state index in [1.165, 1.54) is 13.8 Å². The second-order valence-electron chi connectivity index (χ2n) is 4.38. The maximum Gasteiger partial charge on any atom is 0.247 e. The summed E-state index contributed by atoms with van der Waals surface area (Å²) in [6.45, 7) is 5.31. The molecule has 0 saturated heterocycles. The highest BCUT2D eigenvalue weighted by molar-refractivity contribution is 7.91. The van der Waals surface area contributed by atoms with Gasteiger partial charge in [-0.1, -0.05) is 12.1 Å². The summed E-state index contributed by atoms with van der Waals surface area (Å²) in [5.41, 5.74) is 5.47. The number of rotatable bonds is 4. The van der Waals surface area contributed by atoms with Gasteiger partial charge in [-0.25, -0.2) is 8.42 Å². The Kier molecular flexibility index (Phi) is 3.39. The smallest absolute Gasteiger partial charge is 0.247 e. The molecular formula is C9H17N3O3S. The third-order valence-corrected chi connectivity index (χ3v) is 4.71. The van der Waals surface area contributed by atoms with Crippen molar-refractivity contribution >= 4 is 9.84 Å². The molecule has 1 heterocycles. The molecule has 16 heavy (non-hydrogen) atoms. The van der Waals surface area contributed by atoms with Crippen molar-refractivity contribution in [3.8, 4) is 0 Å². The lowest BCUT2D eigenvalue weighted by molar-refractivity contribution is 0.342. The van der Waals surface area contributed by atoms with Crippen molar-refractivity contribution in [1.29, 1.82) is 0 Å². The zero-order valence-corrected chi connectivity index (χ0v) is 10.7. The molecule has 0 aliphatic rings. The van der Waals surface area contributed by atoms with Gasteiger partial charge in [0.1, 0.15) is 4.75 Å². The predicted octanol–water partition coefficient (Wildman–Crippen LogP) is 0.411. The first-order valence-corrected chi connectivity index (χ1v) is 6.83. The predicted molar refractivity (Wildman–Crippen MR) is 59.6 cm³/mol. The van der Waals surface area contributed by atoms with Gasteiger partial charge in [0.25, 0.3) is 0 Å². The highest BCUT2D eigenvalue weighted by Crippen LogP contribution is 2.28. The van der Waals surface area contributed by atoms with Gasteiger partial charge in [0.2, 0.25) is 5.89 Å². The molecule has 92 valence electrons. The molecule has 0 bridgehead atoms. The Bertz CT molecular complexity index is 464. The van der Waals surface area contributed by atoms with E-state index in [0.717, 1.165) is 6.26 Å². The van der Waals surface area contributed by atoms with Gasteiger partial charge in [0.05, 0.1) is 0 Å². The van der Waals surface area contributed by atoms with Crippen molar-refractivity contribution in [2.45, 2.75) is 31.4 Å². The molecule has 2 N–H and O–H groups in total. The molecule has 1 atom stereocenters. The molecular weight excluding hydrogens is 230 g/mol. The highest BCUT2D eigenvalue weighted by atomic mass is 32.2. The summed E-state index contributed by atoms with van der Waals surface area (Å²) in [6, 6.07) is 0. The van der Waals surface area contributed by atoms with Crippen molar-refractivity contribution in [2.24, 2.45) is 5.73 Å². The molecule has 1 rings (SSSR count). The quantitative estimate of drug-likeness (QED) is 0.827. The molecule has 0 saturated carbocycles. The molecule has 1 aromatic rings. The van der Waals surface area contributed by atoms with Crippen LogP contribution in [0.1, 0.15) is 38.4 Å². The van der Waals surface area contributed by atoms with Crippen LogP contribution in [0.3, 0.4) is 0 Å². The molecule has 1 aromatic heterocycles. The SMILES string of the molecule is CC(CN)c1noc(C(C)(C)S(C)(=O)=O)n1. The molecule has 1 unspecified atom stereocenters. The van der Waals surface area contributed by atoms with Gasteiger partial charge in [-0.05, 0) is 13.8 Å². The first-order valence-electron chi connectivity index (χ1n) is 4.94. The van der Waals surface area contributed by atoms with Crippen LogP contribution >= 0.6 is 0 Å². The lowest BCUT2D eigenvalue weighted by Gasteiger charge is -2.16. The van der Waals surface area contributed by atoms with E-state index in [9.17, 15) is 8.42 Å². The molecule has 0 radical (unpaired) electrons. The van der Waals surface area contributed by atoms with Crippen LogP contribution in [0.15, 0.2) is 4.52 Å². The lowest BCUT2D eigenvalue weighted by atomic mass is 10.1. The molecule has 0 fully saturated rings. The third kappa shape index (κ3) is 2.25. The molecule has 0 amide bonds. The number of hydrogen-bond donors (Lipinski definition) is 1. The van der Waals surface area contributed by atoms with Crippen molar-refractivity contribution in [3.05, 3.63) is 11.7 Å². The molecule has 0 spiro atoms. The van der Waals surface area contributed by atoms with Crippen LogP contribution in [0.2, 0.25) is 0 Å². The van der Waals surface area contributed by atoms with E-state index in [2.05, 4.69) is 10.1 Å².